The van der Waals surface area contributed by atoms with Gasteiger partial charge < -0.3 is 15.1 Å². The van der Waals surface area contributed by atoms with Crippen LogP contribution in [0.1, 0.15) is 6.42 Å². The molecule has 0 heterocycles. The number of carbonyl (C=O) groups is 2. The molecule has 0 saturated carbocycles. The Labute approximate surface area is 69.9 Å². The number of carboxylic acid groups (broad SMARTS) is 2. The minimum absolute atomic E-state index is 0.0163. The number of likely N-dealkylation sites (N-methyl/N-ethyl adjacent to an activating group) is 1. The summed E-state index contributed by atoms with van der Waals surface area (Å²) < 4.78 is 0. The highest BCUT2D eigenvalue weighted by Gasteiger charge is 2.09. The van der Waals surface area contributed by atoms with Crippen LogP contribution in [0.3, 0.4) is 0 Å². The Kier molecular flexibility index (Phi) is 3.82. The Morgan fingerprint density at radius 1 is 1.33 bits per heavy atom. The molecule has 0 aliphatic rings. The van der Waals surface area contributed by atoms with Crippen LogP contribution in [0.4, 0.5) is 0 Å². The quantitative estimate of drug-likeness (QED) is 0.584. The molecule has 0 aliphatic carbocycles. The van der Waals surface area contributed by atoms with Crippen molar-refractivity contribution in [1.82, 2.24) is 4.90 Å². The molecular weight excluding hydrogens is 162 g/mol. The molecule has 5 nitrogen and oxygen atoms in total. The van der Waals surface area contributed by atoms with Crippen LogP contribution in [-0.4, -0.2) is 41.1 Å². The second-order valence-electron chi connectivity index (χ2n) is 2.39. The Bertz CT molecular complexity index is 219. The van der Waals surface area contributed by atoms with Gasteiger partial charge in [0.05, 0.1) is 6.42 Å². The molecule has 0 atom stereocenters. The molecule has 12 heavy (non-hydrogen) atoms. The minimum atomic E-state index is -1.12. The lowest BCUT2D eigenvalue weighted by Gasteiger charge is -2.11. The molecule has 0 radical (unpaired) electrons. The summed E-state index contributed by atoms with van der Waals surface area (Å²) in [6.45, 7) is 0. The predicted molar refractivity (Wildman–Crippen MR) is 41.7 cm³/mol. The number of carboxylic acids is 2. The molecular formula is C7H11NO4. The van der Waals surface area contributed by atoms with E-state index in [0.717, 1.165) is 6.08 Å². The molecule has 0 aromatic heterocycles. The van der Waals surface area contributed by atoms with Crippen molar-refractivity contribution in [3.63, 3.8) is 0 Å². The second kappa shape index (κ2) is 4.38. The van der Waals surface area contributed by atoms with E-state index in [1.54, 1.807) is 14.1 Å². The summed E-state index contributed by atoms with van der Waals surface area (Å²) in [6, 6.07) is 0. The molecule has 0 amide bonds. The number of aliphatic carboxylic acids is 2. The van der Waals surface area contributed by atoms with E-state index in [1.165, 1.54) is 4.90 Å². The first-order valence-corrected chi connectivity index (χ1v) is 3.27. The van der Waals surface area contributed by atoms with E-state index in [0.29, 0.717) is 0 Å². The summed E-state index contributed by atoms with van der Waals surface area (Å²) in [5, 5.41) is 16.8. The highest BCUT2D eigenvalue weighted by molar-refractivity contribution is 5.86. The van der Waals surface area contributed by atoms with E-state index < -0.39 is 11.9 Å². The molecule has 0 aromatic carbocycles. The van der Waals surface area contributed by atoms with E-state index in [1.807, 2.05) is 0 Å². The SMILES string of the molecule is CN(C)C(=CCC(=O)O)C(=O)O. The second-order valence-corrected chi connectivity index (χ2v) is 2.39. The zero-order chi connectivity index (χ0) is 9.72. The Hall–Kier alpha value is -1.52. The molecule has 5 heteroatoms. The summed E-state index contributed by atoms with van der Waals surface area (Å²) >= 11 is 0. The number of rotatable bonds is 4. The average molecular weight is 173 g/mol. The fourth-order valence-electron chi connectivity index (χ4n) is 0.645. The fraction of sp³-hybridized carbons (Fsp3) is 0.429. The molecule has 0 spiro atoms. The van der Waals surface area contributed by atoms with E-state index in [4.69, 9.17) is 10.2 Å². The third-order valence-electron chi connectivity index (χ3n) is 1.17. The third-order valence-corrected chi connectivity index (χ3v) is 1.17. The van der Waals surface area contributed by atoms with Gasteiger partial charge in [0.15, 0.2) is 0 Å². The van der Waals surface area contributed by atoms with Crippen molar-refractivity contribution in [2.75, 3.05) is 14.1 Å². The van der Waals surface area contributed by atoms with Crippen LogP contribution in [0.5, 0.6) is 0 Å². The fourth-order valence-corrected chi connectivity index (χ4v) is 0.645. The van der Waals surface area contributed by atoms with Crippen LogP contribution >= 0.6 is 0 Å². The normalized spacial score (nSPS) is 11.0. The zero-order valence-electron chi connectivity index (χ0n) is 6.94. The van der Waals surface area contributed by atoms with E-state index in [2.05, 4.69) is 0 Å². The summed E-state index contributed by atoms with van der Waals surface area (Å²) in [4.78, 5) is 21.9. The molecule has 0 aromatic rings. The largest absolute Gasteiger partial charge is 0.481 e. The van der Waals surface area contributed by atoms with Crippen LogP contribution in [0.15, 0.2) is 11.8 Å². The van der Waals surface area contributed by atoms with Crippen LogP contribution < -0.4 is 0 Å². The van der Waals surface area contributed by atoms with Crippen molar-refractivity contribution in [3.05, 3.63) is 11.8 Å². The van der Waals surface area contributed by atoms with Crippen molar-refractivity contribution < 1.29 is 19.8 Å². The van der Waals surface area contributed by atoms with Gasteiger partial charge in [-0.3, -0.25) is 4.79 Å². The number of hydrogen-bond acceptors (Lipinski definition) is 3. The highest BCUT2D eigenvalue weighted by Crippen LogP contribution is 2.00. The summed E-state index contributed by atoms with van der Waals surface area (Å²) in [5.41, 5.74) is -0.0163. The lowest BCUT2D eigenvalue weighted by atomic mass is 10.3. The van der Waals surface area contributed by atoms with Gasteiger partial charge >= 0.3 is 11.9 Å². The van der Waals surface area contributed by atoms with Crippen molar-refractivity contribution in [2.24, 2.45) is 0 Å². The lowest BCUT2D eigenvalue weighted by molar-refractivity contribution is -0.136. The molecule has 0 unspecified atom stereocenters. The Morgan fingerprint density at radius 2 is 1.83 bits per heavy atom. The van der Waals surface area contributed by atoms with Crippen LogP contribution in [0.25, 0.3) is 0 Å². The maximum absolute atomic E-state index is 10.5. The van der Waals surface area contributed by atoms with E-state index in [9.17, 15) is 9.59 Å². The van der Waals surface area contributed by atoms with E-state index in [-0.39, 0.29) is 12.1 Å². The minimum Gasteiger partial charge on any atom is -0.481 e. The first-order valence-electron chi connectivity index (χ1n) is 3.27. The summed E-state index contributed by atoms with van der Waals surface area (Å²) in [5.74, 6) is -2.17. The number of hydrogen-bond donors (Lipinski definition) is 2. The topological polar surface area (TPSA) is 77.8 Å². The van der Waals surface area contributed by atoms with Gasteiger partial charge in [0.1, 0.15) is 5.70 Å². The molecule has 0 saturated heterocycles. The average Bonchev–Trinajstić information content (AvgIpc) is 1.84. The van der Waals surface area contributed by atoms with Gasteiger partial charge in [0.2, 0.25) is 0 Å². The van der Waals surface area contributed by atoms with Crippen LogP contribution in [-0.2, 0) is 9.59 Å². The van der Waals surface area contributed by atoms with Gasteiger partial charge in [-0.1, -0.05) is 0 Å². The van der Waals surface area contributed by atoms with Crippen molar-refractivity contribution in [1.29, 1.82) is 0 Å². The van der Waals surface area contributed by atoms with Crippen molar-refractivity contribution in [3.8, 4) is 0 Å². The maximum atomic E-state index is 10.5. The van der Waals surface area contributed by atoms with Gasteiger partial charge in [0.25, 0.3) is 0 Å². The molecule has 0 bridgehead atoms. The predicted octanol–water partition coefficient (Wildman–Crippen LogP) is -0.00880. The molecule has 0 aliphatic heterocycles. The lowest BCUT2D eigenvalue weighted by Crippen LogP contribution is -2.19. The van der Waals surface area contributed by atoms with Crippen molar-refractivity contribution in [2.45, 2.75) is 6.42 Å². The zero-order valence-corrected chi connectivity index (χ0v) is 6.94. The molecule has 0 fully saturated rings. The Balaban J connectivity index is 4.40. The Morgan fingerprint density at radius 3 is 2.08 bits per heavy atom. The van der Waals surface area contributed by atoms with Gasteiger partial charge in [-0.2, -0.15) is 0 Å². The van der Waals surface area contributed by atoms with Crippen LogP contribution in [0, 0.1) is 0 Å². The summed E-state index contributed by atoms with van der Waals surface area (Å²) in [7, 11) is 3.09. The maximum Gasteiger partial charge on any atom is 0.351 e. The van der Waals surface area contributed by atoms with Gasteiger partial charge in [-0.05, 0) is 6.08 Å². The summed E-state index contributed by atoms with van der Waals surface area (Å²) in [6.07, 6.45) is 0.879. The van der Waals surface area contributed by atoms with Gasteiger partial charge in [0, 0.05) is 14.1 Å². The van der Waals surface area contributed by atoms with Crippen LogP contribution in [0.2, 0.25) is 0 Å². The molecule has 68 valence electrons. The molecule has 2 N–H and O–H groups in total. The first kappa shape index (κ1) is 10.5. The van der Waals surface area contributed by atoms with Gasteiger partial charge in [-0.25, -0.2) is 4.79 Å². The first-order chi connectivity index (χ1) is 5.45. The standard InChI is InChI=1S/C7H11NO4/c1-8(2)5(7(11)12)3-4-6(9)10/h3H,4H2,1-2H3,(H,9,10)(H,11,12). The molecule has 0 rings (SSSR count). The van der Waals surface area contributed by atoms with Gasteiger partial charge in [-0.15, -0.1) is 0 Å². The van der Waals surface area contributed by atoms with Crippen molar-refractivity contribution >= 4 is 11.9 Å². The number of nitrogens with zero attached hydrogens (tertiary/aromatic N) is 1. The third kappa shape index (κ3) is 3.60. The monoisotopic (exact) mass is 173 g/mol. The highest BCUT2D eigenvalue weighted by atomic mass is 16.4. The van der Waals surface area contributed by atoms with E-state index >= 15 is 0 Å². The smallest absolute Gasteiger partial charge is 0.351 e.